The first kappa shape index (κ1) is 9.99. The van der Waals surface area contributed by atoms with Gasteiger partial charge in [-0.25, -0.2) is 0 Å². The predicted molar refractivity (Wildman–Crippen MR) is 65.2 cm³/mol. The molecule has 1 N–H and O–H groups in total. The smallest absolute Gasteiger partial charge is 0.182 e. The topological polar surface area (TPSA) is 20.2 Å². The molecule has 0 aliphatic heterocycles. The van der Waals surface area contributed by atoms with Crippen molar-refractivity contribution in [3.05, 3.63) is 36.4 Å². The van der Waals surface area contributed by atoms with Gasteiger partial charge in [0, 0.05) is 5.39 Å². The zero-order chi connectivity index (χ0) is 11.1. The highest BCUT2D eigenvalue weighted by molar-refractivity contribution is 5.96. The monoisotopic (exact) mass is 202 g/mol. The molecular weight excluding hydrogens is 186 g/mol. The molecule has 0 radical (unpaired) electrons. The number of fused-ring (bicyclic) bond motifs is 1. The van der Waals surface area contributed by atoms with Crippen LogP contribution in [0.2, 0.25) is 0 Å². The minimum atomic E-state index is 0.362. The number of benzene rings is 2. The summed E-state index contributed by atoms with van der Waals surface area (Å²) in [5.41, 5.74) is 0.966. The van der Waals surface area contributed by atoms with E-state index in [-0.39, 0.29) is 0 Å². The highest BCUT2D eigenvalue weighted by Crippen LogP contribution is 2.36. The van der Waals surface area contributed by atoms with Crippen molar-refractivity contribution < 1.29 is 5.11 Å². The summed E-state index contributed by atoms with van der Waals surface area (Å²) in [5, 5.41) is 12.2. The van der Waals surface area contributed by atoms with Crippen LogP contribution in [-0.4, -0.2) is 26.2 Å². The highest BCUT2D eigenvalue weighted by atomic mass is 16.3. The van der Waals surface area contributed by atoms with Crippen molar-refractivity contribution in [3.63, 3.8) is 0 Å². The van der Waals surface area contributed by atoms with Crippen molar-refractivity contribution >= 4 is 16.5 Å². The van der Waals surface area contributed by atoms with Crippen LogP contribution in [0.5, 0.6) is 5.75 Å². The number of phenols is 1. The van der Waals surface area contributed by atoms with Gasteiger partial charge in [-0.1, -0.05) is 24.3 Å². The van der Waals surface area contributed by atoms with Crippen molar-refractivity contribution in [2.75, 3.05) is 21.1 Å². The fourth-order valence-electron chi connectivity index (χ4n) is 1.95. The summed E-state index contributed by atoms with van der Waals surface area (Å²) in [5.74, 6) is 0.362. The summed E-state index contributed by atoms with van der Waals surface area (Å²) in [7, 11) is 6.17. The number of quaternary nitrogens is 1. The van der Waals surface area contributed by atoms with Gasteiger partial charge in [-0.3, -0.25) is 4.48 Å². The second-order valence-corrected chi connectivity index (χ2v) is 4.67. The number of phenolic OH excluding ortho intramolecular Hbond substituents is 1. The molecule has 2 aromatic carbocycles. The summed E-state index contributed by atoms with van der Waals surface area (Å²) in [6.07, 6.45) is 0. The molecule has 0 aromatic heterocycles. The maximum atomic E-state index is 9.93. The van der Waals surface area contributed by atoms with Crippen LogP contribution in [-0.2, 0) is 0 Å². The van der Waals surface area contributed by atoms with E-state index in [1.165, 1.54) is 5.39 Å². The zero-order valence-corrected chi connectivity index (χ0v) is 9.36. The molecule has 2 nitrogen and oxygen atoms in total. The van der Waals surface area contributed by atoms with E-state index >= 15 is 0 Å². The molecule has 0 heterocycles. The molecule has 0 bridgehead atoms. The Kier molecular flexibility index (Phi) is 2.16. The standard InChI is InChI=1S/C13H15NO/c1-14(2,3)13-11-7-5-4-6-10(11)8-9-12(13)15/h4-9H,1-3H3/p+1. The molecule has 2 heteroatoms. The largest absolute Gasteiger partial charge is 0.503 e. The minimum Gasteiger partial charge on any atom is -0.503 e. The molecule has 0 unspecified atom stereocenters. The number of aromatic hydroxyl groups is 1. The number of rotatable bonds is 1. The van der Waals surface area contributed by atoms with E-state index in [0.29, 0.717) is 10.2 Å². The average molecular weight is 202 g/mol. The second kappa shape index (κ2) is 3.24. The Bertz CT molecular complexity index is 497. The Morgan fingerprint density at radius 3 is 2.27 bits per heavy atom. The lowest BCUT2D eigenvalue weighted by Gasteiger charge is -2.25. The fraction of sp³-hybridized carbons (Fsp3) is 0.231. The molecule has 0 aliphatic carbocycles. The van der Waals surface area contributed by atoms with Gasteiger partial charge in [0.1, 0.15) is 0 Å². The molecule has 78 valence electrons. The van der Waals surface area contributed by atoms with Gasteiger partial charge in [0.05, 0.1) is 21.1 Å². The summed E-state index contributed by atoms with van der Waals surface area (Å²) in [6, 6.07) is 11.8. The summed E-state index contributed by atoms with van der Waals surface area (Å²) >= 11 is 0. The van der Waals surface area contributed by atoms with E-state index in [1.54, 1.807) is 6.07 Å². The molecule has 2 rings (SSSR count). The number of hydrogen-bond acceptors (Lipinski definition) is 1. The predicted octanol–water partition coefficient (Wildman–Crippen LogP) is 2.74. The van der Waals surface area contributed by atoms with E-state index in [2.05, 4.69) is 27.2 Å². The summed E-state index contributed by atoms with van der Waals surface area (Å²) in [6.45, 7) is 0. The van der Waals surface area contributed by atoms with Crippen LogP contribution >= 0.6 is 0 Å². The molecule has 0 amide bonds. The van der Waals surface area contributed by atoms with Gasteiger partial charge in [-0.05, 0) is 17.5 Å². The normalized spacial score (nSPS) is 11.9. The lowest BCUT2D eigenvalue weighted by molar-refractivity contribution is 0.429. The van der Waals surface area contributed by atoms with E-state index in [1.807, 2.05) is 24.3 Å². The van der Waals surface area contributed by atoms with Crippen LogP contribution in [0, 0.1) is 0 Å². The molecular formula is C13H16NO+. The van der Waals surface area contributed by atoms with E-state index in [0.717, 1.165) is 11.1 Å². The Hall–Kier alpha value is -1.54. The van der Waals surface area contributed by atoms with Gasteiger partial charge in [-0.2, -0.15) is 0 Å². The van der Waals surface area contributed by atoms with Crippen molar-refractivity contribution in [3.8, 4) is 5.75 Å². The summed E-state index contributed by atoms with van der Waals surface area (Å²) < 4.78 is 0.618. The number of nitrogens with zero attached hydrogens (tertiary/aromatic N) is 1. The Balaban J connectivity index is 2.86. The highest BCUT2D eigenvalue weighted by Gasteiger charge is 2.20. The summed E-state index contributed by atoms with van der Waals surface area (Å²) in [4.78, 5) is 0. The second-order valence-electron chi connectivity index (χ2n) is 4.67. The average Bonchev–Trinajstić information content (AvgIpc) is 2.15. The van der Waals surface area contributed by atoms with Gasteiger partial charge in [0.15, 0.2) is 11.4 Å². The minimum absolute atomic E-state index is 0.362. The first-order valence-corrected chi connectivity index (χ1v) is 5.03. The maximum Gasteiger partial charge on any atom is 0.182 e. The lowest BCUT2D eigenvalue weighted by Crippen LogP contribution is -2.35. The maximum absolute atomic E-state index is 9.93. The van der Waals surface area contributed by atoms with Crippen LogP contribution in [0.4, 0.5) is 5.69 Å². The molecule has 0 spiro atoms. The van der Waals surface area contributed by atoms with Gasteiger partial charge in [0.2, 0.25) is 0 Å². The van der Waals surface area contributed by atoms with Crippen LogP contribution in [0.25, 0.3) is 10.8 Å². The van der Waals surface area contributed by atoms with Gasteiger partial charge < -0.3 is 5.11 Å². The Morgan fingerprint density at radius 2 is 1.60 bits per heavy atom. The third kappa shape index (κ3) is 1.68. The zero-order valence-electron chi connectivity index (χ0n) is 9.36. The Morgan fingerprint density at radius 1 is 0.933 bits per heavy atom. The van der Waals surface area contributed by atoms with Gasteiger partial charge in [0.25, 0.3) is 0 Å². The first-order chi connectivity index (χ1) is 7.00. The van der Waals surface area contributed by atoms with Crippen molar-refractivity contribution in [2.45, 2.75) is 0 Å². The van der Waals surface area contributed by atoms with Gasteiger partial charge in [-0.15, -0.1) is 0 Å². The van der Waals surface area contributed by atoms with E-state index in [9.17, 15) is 5.11 Å². The SMILES string of the molecule is C[N+](C)(C)c1c(O)ccc2ccccc12. The third-order valence-corrected chi connectivity index (χ3v) is 2.55. The molecule has 0 saturated carbocycles. The van der Waals surface area contributed by atoms with E-state index < -0.39 is 0 Å². The van der Waals surface area contributed by atoms with Crippen molar-refractivity contribution in [1.29, 1.82) is 0 Å². The molecule has 0 fully saturated rings. The molecule has 2 aromatic rings. The van der Waals surface area contributed by atoms with Crippen LogP contribution < -0.4 is 4.48 Å². The van der Waals surface area contributed by atoms with Crippen LogP contribution in [0.15, 0.2) is 36.4 Å². The quantitative estimate of drug-likeness (QED) is 0.705. The fourth-order valence-corrected chi connectivity index (χ4v) is 1.95. The lowest BCUT2D eigenvalue weighted by atomic mass is 10.1. The molecule has 0 aliphatic rings. The first-order valence-electron chi connectivity index (χ1n) is 5.03. The van der Waals surface area contributed by atoms with Crippen LogP contribution in [0.1, 0.15) is 0 Å². The molecule has 0 saturated heterocycles. The molecule has 15 heavy (non-hydrogen) atoms. The molecule has 0 atom stereocenters. The Labute approximate surface area is 90.0 Å². The van der Waals surface area contributed by atoms with Gasteiger partial charge >= 0.3 is 0 Å². The van der Waals surface area contributed by atoms with E-state index in [4.69, 9.17) is 0 Å². The third-order valence-electron chi connectivity index (χ3n) is 2.55. The van der Waals surface area contributed by atoms with Crippen molar-refractivity contribution in [2.24, 2.45) is 0 Å². The number of hydrogen-bond donors (Lipinski definition) is 1. The van der Waals surface area contributed by atoms with Crippen LogP contribution in [0.3, 0.4) is 0 Å². The van der Waals surface area contributed by atoms with Crippen molar-refractivity contribution in [1.82, 2.24) is 4.48 Å².